The third kappa shape index (κ3) is 2.28. The van der Waals surface area contributed by atoms with Gasteiger partial charge >= 0.3 is 0 Å². The maximum Gasteiger partial charge on any atom is 0.0998 e. The molecule has 0 atom stereocenters. The number of hydrogen-bond acceptors (Lipinski definition) is 2. The average Bonchev–Trinajstić information content (AvgIpc) is 2.60. The normalized spacial score (nSPS) is 10.8. The number of halogens is 1. The molecule has 0 N–H and O–H groups in total. The molecule has 1 aromatic heterocycles. The molecule has 1 heterocycles. The highest BCUT2D eigenvalue weighted by molar-refractivity contribution is 9.10. The number of nitrogens with zero attached hydrogens (tertiary/aromatic N) is 2. The molecule has 0 aliphatic rings. The van der Waals surface area contributed by atoms with Crippen LogP contribution in [0.25, 0.3) is 32.7 Å². The number of rotatable bonds is 1. The molecule has 0 radical (unpaired) electrons. The molecule has 0 bridgehead atoms. The molecule has 2 nitrogen and oxygen atoms in total. The Labute approximate surface area is 142 Å². The van der Waals surface area contributed by atoms with E-state index < -0.39 is 0 Å². The van der Waals surface area contributed by atoms with E-state index in [1.807, 2.05) is 48.8 Å². The van der Waals surface area contributed by atoms with Crippen LogP contribution in [0.3, 0.4) is 0 Å². The highest BCUT2D eigenvalue weighted by Gasteiger charge is 2.10. The highest BCUT2D eigenvalue weighted by atomic mass is 79.9. The lowest BCUT2D eigenvalue weighted by molar-refractivity contribution is 1.36. The number of hydrogen-bond donors (Lipinski definition) is 0. The van der Waals surface area contributed by atoms with Crippen LogP contribution in [0.15, 0.2) is 71.5 Å². The summed E-state index contributed by atoms with van der Waals surface area (Å²) in [7, 11) is 0. The van der Waals surface area contributed by atoms with Crippen molar-refractivity contribution in [2.75, 3.05) is 0 Å². The Morgan fingerprint density at radius 2 is 1.65 bits per heavy atom. The van der Waals surface area contributed by atoms with Crippen molar-refractivity contribution in [3.63, 3.8) is 0 Å². The monoisotopic (exact) mass is 358 g/mol. The second-order valence-electron chi connectivity index (χ2n) is 5.37. The molecule has 4 rings (SSSR count). The van der Waals surface area contributed by atoms with Gasteiger partial charge in [-0.2, -0.15) is 5.26 Å². The van der Waals surface area contributed by atoms with Gasteiger partial charge in [0.25, 0.3) is 0 Å². The molecule has 3 heteroatoms. The SMILES string of the molecule is N#Cc1ccc(-c2cncc3ccc(Br)cc23)c2ccccc12. The van der Waals surface area contributed by atoms with Crippen LogP contribution in [0.2, 0.25) is 0 Å². The molecule has 3 aromatic carbocycles. The number of pyridine rings is 1. The van der Waals surface area contributed by atoms with Crippen molar-refractivity contribution in [1.82, 2.24) is 4.98 Å². The first-order valence-electron chi connectivity index (χ1n) is 7.23. The molecule has 23 heavy (non-hydrogen) atoms. The maximum atomic E-state index is 9.34. The van der Waals surface area contributed by atoms with Crippen LogP contribution in [0.4, 0.5) is 0 Å². The van der Waals surface area contributed by atoms with Crippen molar-refractivity contribution in [1.29, 1.82) is 5.26 Å². The Bertz CT molecular complexity index is 1090. The van der Waals surface area contributed by atoms with Gasteiger partial charge in [0, 0.05) is 33.2 Å². The minimum absolute atomic E-state index is 0.693. The Morgan fingerprint density at radius 3 is 2.48 bits per heavy atom. The Balaban J connectivity index is 2.12. The average molecular weight is 359 g/mol. The zero-order valence-electron chi connectivity index (χ0n) is 12.1. The van der Waals surface area contributed by atoms with Crippen LogP contribution in [-0.4, -0.2) is 4.98 Å². The topological polar surface area (TPSA) is 36.7 Å². The van der Waals surface area contributed by atoms with Crippen molar-refractivity contribution in [3.8, 4) is 17.2 Å². The molecule has 0 fully saturated rings. The third-order valence-corrected chi connectivity index (χ3v) is 4.55. The van der Waals surface area contributed by atoms with Gasteiger partial charge in [-0.1, -0.05) is 52.3 Å². The van der Waals surface area contributed by atoms with Crippen LogP contribution >= 0.6 is 15.9 Å². The van der Waals surface area contributed by atoms with Crippen molar-refractivity contribution < 1.29 is 0 Å². The molecule has 0 spiro atoms. The first-order valence-corrected chi connectivity index (χ1v) is 8.03. The van der Waals surface area contributed by atoms with E-state index in [0.717, 1.165) is 37.1 Å². The first-order chi connectivity index (χ1) is 11.3. The van der Waals surface area contributed by atoms with Gasteiger partial charge in [0.1, 0.15) is 0 Å². The molecular weight excluding hydrogens is 348 g/mol. The van der Waals surface area contributed by atoms with Crippen LogP contribution in [-0.2, 0) is 0 Å². The zero-order chi connectivity index (χ0) is 15.8. The van der Waals surface area contributed by atoms with Crippen molar-refractivity contribution in [3.05, 3.63) is 77.0 Å². The molecule has 108 valence electrons. The van der Waals surface area contributed by atoms with Gasteiger partial charge in [0.15, 0.2) is 0 Å². The van der Waals surface area contributed by atoms with Gasteiger partial charge in [-0.3, -0.25) is 4.98 Å². The van der Waals surface area contributed by atoms with Crippen LogP contribution < -0.4 is 0 Å². The number of benzene rings is 3. The van der Waals surface area contributed by atoms with Crippen molar-refractivity contribution >= 4 is 37.5 Å². The Morgan fingerprint density at radius 1 is 0.826 bits per heavy atom. The van der Waals surface area contributed by atoms with E-state index in [1.165, 1.54) is 0 Å². The summed E-state index contributed by atoms with van der Waals surface area (Å²) in [6.07, 6.45) is 3.76. The molecule has 4 aromatic rings. The lowest BCUT2D eigenvalue weighted by Crippen LogP contribution is -1.88. The number of aromatic nitrogens is 1. The quantitative estimate of drug-likeness (QED) is 0.438. The van der Waals surface area contributed by atoms with Gasteiger partial charge in [0.2, 0.25) is 0 Å². The summed E-state index contributed by atoms with van der Waals surface area (Å²) in [6.45, 7) is 0. The van der Waals surface area contributed by atoms with E-state index in [-0.39, 0.29) is 0 Å². The second kappa shape index (κ2) is 5.49. The predicted octanol–water partition coefficient (Wildman–Crippen LogP) is 5.69. The molecule has 0 saturated carbocycles. The van der Waals surface area contributed by atoms with Gasteiger partial charge < -0.3 is 0 Å². The van der Waals surface area contributed by atoms with Crippen molar-refractivity contribution in [2.45, 2.75) is 0 Å². The van der Waals surface area contributed by atoms with E-state index in [1.54, 1.807) is 0 Å². The van der Waals surface area contributed by atoms with Gasteiger partial charge in [-0.15, -0.1) is 0 Å². The standard InChI is InChI=1S/C20H11BrN2/c21-15-7-5-14-11-23-12-20(19(14)9-15)18-8-6-13(10-22)16-3-1-2-4-17(16)18/h1-9,11-12H. The summed E-state index contributed by atoms with van der Waals surface area (Å²) in [5.74, 6) is 0. The predicted molar refractivity (Wildman–Crippen MR) is 97.1 cm³/mol. The zero-order valence-corrected chi connectivity index (χ0v) is 13.7. The van der Waals surface area contributed by atoms with E-state index in [4.69, 9.17) is 0 Å². The van der Waals surface area contributed by atoms with Gasteiger partial charge in [-0.25, -0.2) is 0 Å². The maximum absolute atomic E-state index is 9.34. The Hall–Kier alpha value is -2.70. The second-order valence-corrected chi connectivity index (χ2v) is 6.29. The minimum atomic E-state index is 0.693. The van der Waals surface area contributed by atoms with Gasteiger partial charge in [0.05, 0.1) is 11.6 Å². The molecule has 0 amide bonds. The fraction of sp³-hybridized carbons (Fsp3) is 0. The van der Waals surface area contributed by atoms with Gasteiger partial charge in [-0.05, 0) is 34.5 Å². The molecule has 0 aliphatic heterocycles. The van der Waals surface area contributed by atoms with Crippen molar-refractivity contribution in [2.24, 2.45) is 0 Å². The first kappa shape index (κ1) is 13.9. The summed E-state index contributed by atoms with van der Waals surface area (Å²) in [4.78, 5) is 4.39. The summed E-state index contributed by atoms with van der Waals surface area (Å²) in [5, 5.41) is 13.6. The molecule has 0 aliphatic carbocycles. The van der Waals surface area contributed by atoms with Crippen LogP contribution in [0.5, 0.6) is 0 Å². The lowest BCUT2D eigenvalue weighted by Gasteiger charge is -2.11. The summed E-state index contributed by atoms with van der Waals surface area (Å²) in [5.41, 5.74) is 2.86. The summed E-state index contributed by atoms with van der Waals surface area (Å²) in [6, 6.07) is 20.4. The Kier molecular flexibility index (Phi) is 3.33. The molecular formula is C20H11BrN2. The largest absolute Gasteiger partial charge is 0.263 e. The molecule has 0 saturated heterocycles. The van der Waals surface area contributed by atoms with E-state index in [2.05, 4.69) is 45.2 Å². The van der Waals surface area contributed by atoms with E-state index in [0.29, 0.717) is 5.56 Å². The highest BCUT2D eigenvalue weighted by Crippen LogP contribution is 2.35. The lowest BCUT2D eigenvalue weighted by atomic mass is 9.94. The van der Waals surface area contributed by atoms with E-state index >= 15 is 0 Å². The number of nitriles is 1. The minimum Gasteiger partial charge on any atom is -0.263 e. The fourth-order valence-electron chi connectivity index (χ4n) is 2.98. The number of fused-ring (bicyclic) bond motifs is 2. The molecule has 0 unspecified atom stereocenters. The summed E-state index contributed by atoms with van der Waals surface area (Å²) >= 11 is 3.55. The third-order valence-electron chi connectivity index (χ3n) is 4.06. The fourth-order valence-corrected chi connectivity index (χ4v) is 3.34. The van der Waals surface area contributed by atoms with E-state index in [9.17, 15) is 5.26 Å². The van der Waals surface area contributed by atoms with Crippen LogP contribution in [0, 0.1) is 11.3 Å². The van der Waals surface area contributed by atoms with Crippen LogP contribution in [0.1, 0.15) is 5.56 Å². The smallest absolute Gasteiger partial charge is 0.0998 e. The summed E-state index contributed by atoms with van der Waals surface area (Å²) < 4.78 is 1.04.